The minimum Gasteiger partial charge on any atom is -0.493 e. The smallest absolute Gasteiger partial charge is 0.407 e. The molecule has 13 heteroatoms. The summed E-state index contributed by atoms with van der Waals surface area (Å²) in [6, 6.07) is 18.7. The van der Waals surface area contributed by atoms with E-state index in [1.807, 2.05) is 30.3 Å². The van der Waals surface area contributed by atoms with Crippen molar-refractivity contribution in [2.75, 3.05) is 19.0 Å². The van der Waals surface area contributed by atoms with Crippen LogP contribution in [0.1, 0.15) is 56.8 Å². The van der Waals surface area contributed by atoms with Crippen molar-refractivity contribution in [1.82, 2.24) is 10.6 Å². The van der Waals surface area contributed by atoms with Gasteiger partial charge >= 0.3 is 18.0 Å². The molecule has 0 aliphatic rings. The molecule has 0 saturated heterocycles. The zero-order valence-electron chi connectivity index (χ0n) is 27.0. The zero-order chi connectivity index (χ0) is 34.6. The van der Waals surface area contributed by atoms with Gasteiger partial charge in [-0.2, -0.15) is 0 Å². The van der Waals surface area contributed by atoms with Crippen LogP contribution in [-0.4, -0.2) is 55.1 Å². The summed E-state index contributed by atoms with van der Waals surface area (Å²) >= 11 is 0. The summed E-state index contributed by atoms with van der Waals surface area (Å²) in [5.74, 6) is -1.81. The molecule has 6 N–H and O–H groups in total. The molecule has 0 saturated carbocycles. The SMILES string of the molecule is COc1cc([C@H](Nc2ccc(C(=N)N)cc2)C(=O)N[C@@H](CCNC(=O)OC(C)(C)C)C(=O)OC(C)=O)ccc1OCc1ccccc1. The number of nitrogens with one attached hydrogen (secondary N) is 4. The lowest BCUT2D eigenvalue weighted by molar-refractivity contribution is -0.160. The van der Waals surface area contributed by atoms with Gasteiger partial charge in [-0.25, -0.2) is 9.59 Å². The Morgan fingerprint density at radius 1 is 0.936 bits per heavy atom. The maximum atomic E-state index is 13.9. The number of amidine groups is 1. The molecule has 0 spiro atoms. The van der Waals surface area contributed by atoms with Crippen molar-refractivity contribution < 1.29 is 38.1 Å². The van der Waals surface area contributed by atoms with Gasteiger partial charge in [0, 0.05) is 24.7 Å². The van der Waals surface area contributed by atoms with E-state index in [-0.39, 0.29) is 18.8 Å². The number of carbonyl (C=O) groups excluding carboxylic acids is 4. The molecule has 0 radical (unpaired) electrons. The van der Waals surface area contributed by atoms with Crippen LogP contribution in [0.25, 0.3) is 0 Å². The molecule has 0 bridgehead atoms. The molecule has 3 aromatic rings. The first-order chi connectivity index (χ1) is 22.3. The second-order valence-corrected chi connectivity index (χ2v) is 11.4. The second kappa shape index (κ2) is 16.6. The Morgan fingerprint density at radius 2 is 1.62 bits per heavy atom. The Hall–Kier alpha value is -5.59. The predicted octanol–water partition coefficient (Wildman–Crippen LogP) is 4.20. The van der Waals surface area contributed by atoms with Crippen LogP contribution in [0.3, 0.4) is 0 Å². The molecule has 0 fully saturated rings. The molecule has 3 rings (SSSR count). The lowest BCUT2D eigenvalue weighted by atomic mass is 10.0. The van der Waals surface area contributed by atoms with Crippen molar-refractivity contribution in [3.63, 3.8) is 0 Å². The van der Waals surface area contributed by atoms with Crippen molar-refractivity contribution >= 4 is 35.5 Å². The van der Waals surface area contributed by atoms with Gasteiger partial charge in [-0.05, 0) is 74.7 Å². The van der Waals surface area contributed by atoms with Crippen LogP contribution < -0.4 is 31.2 Å². The van der Waals surface area contributed by atoms with Gasteiger partial charge < -0.3 is 40.6 Å². The van der Waals surface area contributed by atoms with Crippen molar-refractivity contribution in [2.45, 2.75) is 58.4 Å². The maximum absolute atomic E-state index is 13.9. The summed E-state index contributed by atoms with van der Waals surface area (Å²) < 4.78 is 21.6. The highest BCUT2D eigenvalue weighted by molar-refractivity contribution is 5.96. The molecule has 2 atom stereocenters. The zero-order valence-corrected chi connectivity index (χ0v) is 27.0. The van der Waals surface area contributed by atoms with Crippen LogP contribution in [0.5, 0.6) is 11.5 Å². The van der Waals surface area contributed by atoms with E-state index in [4.69, 9.17) is 30.1 Å². The monoisotopic (exact) mass is 647 g/mol. The molecule has 2 amide bonds. The van der Waals surface area contributed by atoms with Gasteiger partial charge in [0.15, 0.2) is 11.5 Å². The van der Waals surface area contributed by atoms with Gasteiger partial charge in [0.25, 0.3) is 0 Å². The lowest BCUT2D eigenvalue weighted by Gasteiger charge is -2.24. The molecule has 0 aliphatic heterocycles. The molecule has 0 aliphatic carbocycles. The summed E-state index contributed by atoms with van der Waals surface area (Å²) in [4.78, 5) is 50.5. The quantitative estimate of drug-likeness (QED) is 0.0733. The number of anilines is 1. The fourth-order valence-corrected chi connectivity index (χ4v) is 4.28. The third-order valence-corrected chi connectivity index (χ3v) is 6.47. The predicted molar refractivity (Wildman–Crippen MR) is 175 cm³/mol. The van der Waals surface area contributed by atoms with Gasteiger partial charge in [-0.15, -0.1) is 0 Å². The summed E-state index contributed by atoms with van der Waals surface area (Å²) in [6.07, 6.45) is -0.815. The van der Waals surface area contributed by atoms with Crippen LogP contribution in [0.4, 0.5) is 10.5 Å². The summed E-state index contributed by atoms with van der Waals surface area (Å²) in [5.41, 5.74) is 7.25. The first-order valence-corrected chi connectivity index (χ1v) is 14.8. The number of benzene rings is 3. The molecular formula is C34H41N5O8. The van der Waals surface area contributed by atoms with E-state index in [1.165, 1.54) is 7.11 Å². The minimum atomic E-state index is -1.30. The van der Waals surface area contributed by atoms with Crippen molar-refractivity contribution in [3.8, 4) is 11.5 Å². The van der Waals surface area contributed by atoms with Crippen molar-refractivity contribution in [3.05, 3.63) is 89.5 Å². The average molecular weight is 648 g/mol. The number of nitrogen functional groups attached to an aromatic ring is 1. The Morgan fingerprint density at radius 3 is 2.21 bits per heavy atom. The highest BCUT2D eigenvalue weighted by atomic mass is 16.6. The second-order valence-electron chi connectivity index (χ2n) is 11.4. The van der Waals surface area contributed by atoms with E-state index in [0.717, 1.165) is 12.5 Å². The average Bonchev–Trinajstić information content (AvgIpc) is 3.01. The van der Waals surface area contributed by atoms with Crippen LogP contribution in [0.15, 0.2) is 72.8 Å². The number of methoxy groups -OCH3 is 1. The largest absolute Gasteiger partial charge is 0.493 e. The van der Waals surface area contributed by atoms with Crippen LogP contribution in [0, 0.1) is 5.41 Å². The van der Waals surface area contributed by atoms with Gasteiger partial charge in [0.2, 0.25) is 5.91 Å². The van der Waals surface area contributed by atoms with E-state index in [0.29, 0.717) is 34.9 Å². The Labute approximate surface area is 273 Å². The molecule has 0 aromatic heterocycles. The number of esters is 2. The first-order valence-electron chi connectivity index (χ1n) is 14.8. The molecule has 13 nitrogen and oxygen atoms in total. The number of ether oxygens (including phenoxy) is 4. The van der Waals surface area contributed by atoms with E-state index in [2.05, 4.69) is 16.0 Å². The topological polar surface area (TPSA) is 191 Å². The number of nitrogens with two attached hydrogens (primary N) is 1. The molecule has 3 aromatic carbocycles. The Bertz CT molecular complexity index is 1550. The highest BCUT2D eigenvalue weighted by Crippen LogP contribution is 2.32. The van der Waals surface area contributed by atoms with Crippen molar-refractivity contribution in [2.24, 2.45) is 5.73 Å². The summed E-state index contributed by atoms with van der Waals surface area (Å²) in [6.45, 7) is 6.41. The van der Waals surface area contributed by atoms with Crippen molar-refractivity contribution in [1.29, 1.82) is 5.41 Å². The Kier molecular flexibility index (Phi) is 12.7. The minimum absolute atomic E-state index is 0.0707. The van der Waals surface area contributed by atoms with Crippen LogP contribution in [-0.2, 0) is 30.5 Å². The number of amides is 2. The normalized spacial score (nSPS) is 12.1. The van der Waals surface area contributed by atoms with Gasteiger partial charge in [-0.3, -0.25) is 15.0 Å². The standard InChI is InChI=1S/C34H41N5O8/c1-21(40)46-32(42)26(17-18-37-33(43)47-34(2,3)4)39-31(41)29(38-25-14-11-23(12-15-25)30(35)36)24-13-16-27(28(19-24)44-5)45-20-22-9-7-6-8-10-22/h6-16,19,26,29,38H,17-18,20H2,1-5H3,(H3,35,36)(H,37,43)(H,39,41)/t26-,29-/m0/s1. The third kappa shape index (κ3) is 11.7. The van der Waals surface area contributed by atoms with Gasteiger partial charge in [0.1, 0.15) is 30.1 Å². The number of rotatable bonds is 14. The molecular weight excluding hydrogens is 606 g/mol. The molecule has 47 heavy (non-hydrogen) atoms. The molecule has 250 valence electrons. The molecule has 0 heterocycles. The van der Waals surface area contributed by atoms with Gasteiger partial charge in [-0.1, -0.05) is 36.4 Å². The third-order valence-electron chi connectivity index (χ3n) is 6.47. The fraction of sp³-hybridized carbons (Fsp3) is 0.324. The van der Waals surface area contributed by atoms with E-state index >= 15 is 0 Å². The lowest BCUT2D eigenvalue weighted by Crippen LogP contribution is -2.47. The van der Waals surface area contributed by atoms with E-state index < -0.39 is 41.6 Å². The number of alkyl carbamates (subject to hydrolysis) is 1. The first kappa shape index (κ1) is 35.9. The van der Waals surface area contributed by atoms with Gasteiger partial charge in [0.05, 0.1) is 7.11 Å². The number of hydrogen-bond donors (Lipinski definition) is 5. The van der Waals surface area contributed by atoms with E-state index in [9.17, 15) is 19.2 Å². The summed E-state index contributed by atoms with van der Waals surface area (Å²) in [5, 5.41) is 16.0. The fourth-order valence-electron chi connectivity index (χ4n) is 4.28. The Balaban J connectivity index is 1.89. The summed E-state index contributed by atoms with van der Waals surface area (Å²) in [7, 11) is 1.48. The highest BCUT2D eigenvalue weighted by Gasteiger charge is 2.29. The number of carbonyl (C=O) groups is 4. The molecule has 0 unspecified atom stereocenters. The number of hydrogen-bond acceptors (Lipinski definition) is 10. The van der Waals surface area contributed by atoms with E-state index in [1.54, 1.807) is 63.2 Å². The van der Waals surface area contributed by atoms with Crippen LogP contribution >= 0.6 is 0 Å². The maximum Gasteiger partial charge on any atom is 0.407 e. The van der Waals surface area contributed by atoms with Crippen LogP contribution in [0.2, 0.25) is 0 Å².